The Balaban J connectivity index is 0.000000867. The van der Waals surface area contributed by atoms with Crippen molar-refractivity contribution >= 4 is 23.3 Å². The lowest BCUT2D eigenvalue weighted by atomic mass is 9.96. The lowest BCUT2D eigenvalue weighted by Crippen LogP contribution is -2.19. The van der Waals surface area contributed by atoms with E-state index in [1.54, 1.807) is 36.4 Å². The minimum absolute atomic E-state index is 0.0511. The molecule has 0 saturated carbocycles. The van der Waals surface area contributed by atoms with Crippen molar-refractivity contribution in [1.82, 2.24) is 24.7 Å². The molecule has 0 aliphatic carbocycles. The van der Waals surface area contributed by atoms with Gasteiger partial charge >= 0.3 is 5.69 Å². The van der Waals surface area contributed by atoms with E-state index >= 15 is 0 Å². The number of ketones is 1. The molecule has 6 N–H and O–H groups in total. The van der Waals surface area contributed by atoms with Gasteiger partial charge in [0, 0.05) is 36.1 Å². The zero-order chi connectivity index (χ0) is 28.8. The van der Waals surface area contributed by atoms with Gasteiger partial charge < -0.3 is 25.6 Å². The summed E-state index contributed by atoms with van der Waals surface area (Å²) in [5, 5.41) is 22.8. The average Bonchev–Trinajstić information content (AvgIpc) is 3.32. The van der Waals surface area contributed by atoms with Crippen LogP contribution in [0, 0.1) is 5.41 Å². The van der Waals surface area contributed by atoms with E-state index in [0.29, 0.717) is 33.7 Å². The Kier molecular flexibility index (Phi) is 8.30. The number of H-pyrrole nitrogens is 1. The quantitative estimate of drug-likeness (QED) is 0.128. The van der Waals surface area contributed by atoms with Crippen LogP contribution in [0.1, 0.15) is 52.8 Å². The van der Waals surface area contributed by atoms with Crippen LogP contribution >= 0.6 is 0 Å². The molecule has 1 aliphatic rings. The summed E-state index contributed by atoms with van der Waals surface area (Å²) < 4.78 is 12.1. The fourth-order valence-corrected chi connectivity index (χ4v) is 3.90. The molecule has 0 saturated heterocycles. The maximum atomic E-state index is 12.8. The highest BCUT2D eigenvalue weighted by molar-refractivity contribution is 5.97. The van der Waals surface area contributed by atoms with Gasteiger partial charge in [-0.3, -0.25) is 20.0 Å². The van der Waals surface area contributed by atoms with Gasteiger partial charge in [0.05, 0.1) is 12.2 Å². The minimum Gasteiger partial charge on any atom is -0.481 e. The van der Waals surface area contributed by atoms with Crippen LogP contribution in [0.3, 0.4) is 0 Å². The van der Waals surface area contributed by atoms with Crippen LogP contribution < -0.4 is 21.5 Å². The molecule has 0 bridgehead atoms. The summed E-state index contributed by atoms with van der Waals surface area (Å²) in [5.74, 6) is -0.179. The Morgan fingerprint density at radius 1 is 1.18 bits per heavy atom. The third kappa shape index (κ3) is 6.36. The monoisotopic (exact) mass is 546 g/mol. The van der Waals surface area contributed by atoms with E-state index in [1.807, 2.05) is 6.07 Å². The van der Waals surface area contributed by atoms with Crippen LogP contribution in [-0.2, 0) is 16.1 Å². The highest BCUT2D eigenvalue weighted by Gasteiger charge is 2.26. The van der Waals surface area contributed by atoms with Gasteiger partial charge in [-0.05, 0) is 55.0 Å². The second-order valence-corrected chi connectivity index (χ2v) is 8.59. The third-order valence-electron chi connectivity index (χ3n) is 5.60. The molecule has 0 amide bonds. The number of hydrogen-bond donors (Lipinski definition) is 5. The predicted octanol–water partition coefficient (Wildman–Crippen LogP) is 2.00. The molecule has 14 heteroatoms. The normalized spacial score (nSPS) is 12.7. The van der Waals surface area contributed by atoms with E-state index in [1.165, 1.54) is 19.3 Å². The molecular weight excluding hydrogens is 520 g/mol. The molecule has 5 rings (SSSR count). The molecule has 4 aromatic rings. The highest BCUT2D eigenvalue weighted by Crippen LogP contribution is 2.34. The molecule has 14 nitrogen and oxygen atoms in total. The fourth-order valence-electron chi connectivity index (χ4n) is 3.90. The first-order valence-corrected chi connectivity index (χ1v) is 11.9. The number of nitrogen functional groups attached to an aromatic ring is 1. The molecule has 1 unspecified atom stereocenters. The van der Waals surface area contributed by atoms with E-state index < -0.39 is 17.7 Å². The second-order valence-electron chi connectivity index (χ2n) is 8.59. The first-order chi connectivity index (χ1) is 19.1. The number of hydrogen-bond acceptors (Lipinski definition) is 10. The number of aliphatic carboxylic acids is 1. The minimum atomic E-state index is -0.833. The van der Waals surface area contributed by atoms with Crippen molar-refractivity contribution in [3.05, 3.63) is 93.4 Å². The van der Waals surface area contributed by atoms with Gasteiger partial charge in [0.2, 0.25) is 0 Å². The van der Waals surface area contributed by atoms with Crippen molar-refractivity contribution in [2.45, 2.75) is 26.5 Å². The number of aromatic amines is 1. The average molecular weight is 547 g/mol. The smallest absolute Gasteiger partial charge is 0.350 e. The number of amidine groups is 1. The number of ether oxygens (including phenoxy) is 2. The molecule has 3 heterocycles. The zero-order valence-electron chi connectivity index (χ0n) is 21.5. The molecule has 2 aromatic heterocycles. The topological polar surface area (TPSA) is 211 Å². The SMILES string of the molecule is CC(=O)O.CC(=O)c1cc(C(Nc2ccc(C(=N)N)cc2)c2nn(-c3ncccn3)c(=O)[nH]2)cc2c1OCOC2. The lowest BCUT2D eigenvalue weighted by molar-refractivity contribution is -0.134. The molecular formula is C26H26N8O6. The molecule has 206 valence electrons. The Labute approximate surface area is 227 Å². The highest BCUT2D eigenvalue weighted by atomic mass is 16.7. The number of carbonyl (C=O) groups is 2. The molecule has 0 radical (unpaired) electrons. The zero-order valence-corrected chi connectivity index (χ0v) is 21.5. The number of rotatable bonds is 7. The van der Waals surface area contributed by atoms with Gasteiger partial charge in [-0.1, -0.05) is 0 Å². The van der Waals surface area contributed by atoms with Crippen LogP contribution in [0.5, 0.6) is 5.75 Å². The number of nitrogens with zero attached hydrogens (tertiary/aromatic N) is 4. The molecule has 0 fully saturated rings. The third-order valence-corrected chi connectivity index (χ3v) is 5.60. The van der Waals surface area contributed by atoms with Gasteiger partial charge in [0.1, 0.15) is 17.6 Å². The van der Waals surface area contributed by atoms with Gasteiger partial charge in [0.25, 0.3) is 11.9 Å². The number of aromatic nitrogens is 5. The summed E-state index contributed by atoms with van der Waals surface area (Å²) in [6.45, 7) is 2.88. The standard InChI is InChI=1S/C24H22N8O4.C2H4O2/c1-13(33)18-10-15(9-16-11-35-12-36-20(16)18)19(29-17-5-3-14(4-6-17)21(25)26)22-30-24(34)32(31-22)23-27-7-2-8-28-23;1-2(3)4/h2-10,19,29H,11-12H2,1H3,(H3,25,26)(H,30,31,34);1H3,(H,3,4). The summed E-state index contributed by atoms with van der Waals surface area (Å²) in [5.41, 5.74) is 8.05. The van der Waals surface area contributed by atoms with Crippen molar-refractivity contribution in [1.29, 1.82) is 5.41 Å². The first-order valence-electron chi connectivity index (χ1n) is 11.9. The van der Waals surface area contributed by atoms with E-state index in [-0.39, 0.29) is 36.8 Å². The Morgan fingerprint density at radius 2 is 1.85 bits per heavy atom. The summed E-state index contributed by atoms with van der Waals surface area (Å²) in [4.78, 5) is 45.2. The van der Waals surface area contributed by atoms with Gasteiger partial charge in [-0.25, -0.2) is 14.8 Å². The summed E-state index contributed by atoms with van der Waals surface area (Å²) in [6.07, 6.45) is 3.02. The largest absolute Gasteiger partial charge is 0.481 e. The van der Waals surface area contributed by atoms with Crippen molar-refractivity contribution in [3.8, 4) is 11.7 Å². The van der Waals surface area contributed by atoms with E-state index in [9.17, 15) is 9.59 Å². The molecule has 0 spiro atoms. The maximum Gasteiger partial charge on any atom is 0.350 e. The number of anilines is 1. The Hall–Kier alpha value is -5.37. The van der Waals surface area contributed by atoms with Gasteiger partial charge in [-0.15, -0.1) is 9.78 Å². The predicted molar refractivity (Wildman–Crippen MR) is 143 cm³/mol. The van der Waals surface area contributed by atoms with Crippen molar-refractivity contribution in [2.24, 2.45) is 5.73 Å². The lowest BCUT2D eigenvalue weighted by Gasteiger charge is -2.24. The number of nitrogens with two attached hydrogens (primary N) is 1. The van der Waals surface area contributed by atoms with Crippen LogP contribution in [0.25, 0.3) is 5.95 Å². The second kappa shape index (κ2) is 12.0. The number of carboxylic acids is 1. The van der Waals surface area contributed by atoms with Crippen LogP contribution in [0.15, 0.2) is 59.7 Å². The number of Topliss-reactive ketones (excluding diaryl/α,β-unsaturated/α-hetero) is 1. The Bertz CT molecular complexity index is 1590. The van der Waals surface area contributed by atoms with E-state index in [0.717, 1.165) is 11.6 Å². The van der Waals surface area contributed by atoms with Crippen LogP contribution in [-0.4, -0.2) is 54.2 Å². The van der Waals surface area contributed by atoms with Gasteiger partial charge in [-0.2, -0.15) is 0 Å². The van der Waals surface area contributed by atoms with E-state index in [2.05, 4.69) is 25.4 Å². The van der Waals surface area contributed by atoms with Crippen LogP contribution in [0.4, 0.5) is 5.69 Å². The summed E-state index contributed by atoms with van der Waals surface area (Å²) >= 11 is 0. The summed E-state index contributed by atoms with van der Waals surface area (Å²) in [7, 11) is 0. The molecule has 40 heavy (non-hydrogen) atoms. The first kappa shape index (κ1) is 27.7. The maximum absolute atomic E-state index is 12.8. The fraction of sp³-hybridized carbons (Fsp3) is 0.192. The number of carbonyl (C=O) groups excluding carboxylic acids is 1. The van der Waals surface area contributed by atoms with Crippen molar-refractivity contribution in [2.75, 3.05) is 12.1 Å². The number of carboxylic acid groups (broad SMARTS) is 1. The molecule has 2 aromatic carbocycles. The number of fused-ring (bicyclic) bond motifs is 1. The van der Waals surface area contributed by atoms with Crippen molar-refractivity contribution in [3.63, 3.8) is 0 Å². The van der Waals surface area contributed by atoms with Gasteiger partial charge in [0.15, 0.2) is 18.4 Å². The Morgan fingerprint density at radius 3 is 2.48 bits per heavy atom. The molecule has 1 aliphatic heterocycles. The number of nitrogens with one attached hydrogen (secondary N) is 3. The summed E-state index contributed by atoms with van der Waals surface area (Å²) in [6, 6.07) is 11.4. The van der Waals surface area contributed by atoms with Crippen LogP contribution in [0.2, 0.25) is 0 Å². The van der Waals surface area contributed by atoms with E-state index in [4.69, 9.17) is 30.5 Å². The molecule has 1 atom stereocenters. The van der Waals surface area contributed by atoms with Crippen molar-refractivity contribution < 1.29 is 24.2 Å². The number of benzene rings is 2.